The Labute approximate surface area is 139 Å². The Morgan fingerprint density at radius 3 is 2.22 bits per heavy atom. The molecule has 2 rings (SSSR count). The maximum Gasteiger partial charge on any atom is 0.155 e. The average Bonchev–Trinajstić information content (AvgIpc) is 2.69. The van der Waals surface area contributed by atoms with Crippen LogP contribution in [0.4, 0.5) is 0 Å². The minimum Gasteiger partial charge on any atom is -0.744 e. The van der Waals surface area contributed by atoms with Crippen LogP contribution in [0.15, 0.2) is 29.2 Å². The van der Waals surface area contributed by atoms with Crippen LogP contribution in [-0.2, 0) is 10.1 Å². The number of rotatable bonds is 3. The standard InChI is InChI=1S/C10H17N2.C7H8O3S/c1-9-7-10(2,3)8-12(9)6-4-5-11;1-6-2-4-7(5-3-6)11(8,9)10/h4,6-8H2,1-3H3;2-5H,1H3,(H,8,9,10)/q+1;/p-1. The average molecular weight is 336 g/mol. The Morgan fingerprint density at radius 2 is 1.83 bits per heavy atom. The predicted molar refractivity (Wildman–Crippen MR) is 88.4 cm³/mol. The molecule has 0 atom stereocenters. The lowest BCUT2D eigenvalue weighted by Gasteiger charge is -2.10. The van der Waals surface area contributed by atoms with Gasteiger partial charge >= 0.3 is 0 Å². The zero-order valence-electron chi connectivity index (χ0n) is 14.2. The Hall–Kier alpha value is -1.71. The molecule has 1 aliphatic rings. The van der Waals surface area contributed by atoms with Crippen LogP contribution in [0.25, 0.3) is 0 Å². The normalized spacial score (nSPS) is 16.5. The molecule has 0 amide bonds. The fourth-order valence-electron chi connectivity index (χ4n) is 2.67. The van der Waals surface area contributed by atoms with Crippen molar-refractivity contribution in [3.63, 3.8) is 0 Å². The molecule has 0 fully saturated rings. The number of hydrogen-bond acceptors (Lipinski definition) is 4. The second kappa shape index (κ2) is 7.71. The lowest BCUT2D eigenvalue weighted by atomic mass is 9.91. The highest BCUT2D eigenvalue weighted by Gasteiger charge is 2.34. The van der Waals surface area contributed by atoms with E-state index in [2.05, 4.69) is 31.4 Å². The summed E-state index contributed by atoms with van der Waals surface area (Å²) in [6.07, 6.45) is 1.83. The summed E-state index contributed by atoms with van der Waals surface area (Å²) in [6.45, 7) is 10.6. The van der Waals surface area contributed by atoms with Crippen molar-refractivity contribution in [2.75, 3.05) is 13.1 Å². The first kappa shape index (κ1) is 19.3. The van der Waals surface area contributed by atoms with Crippen LogP contribution in [0.2, 0.25) is 0 Å². The molecule has 0 spiro atoms. The molecular weight excluding hydrogens is 312 g/mol. The van der Waals surface area contributed by atoms with Crippen molar-refractivity contribution in [2.24, 2.45) is 5.41 Å². The minimum atomic E-state index is -4.27. The molecule has 6 heteroatoms. The Balaban J connectivity index is 0.000000231. The van der Waals surface area contributed by atoms with Crippen molar-refractivity contribution >= 4 is 15.8 Å². The van der Waals surface area contributed by atoms with Crippen molar-refractivity contribution in [2.45, 2.75) is 45.4 Å². The van der Waals surface area contributed by atoms with Crippen molar-refractivity contribution in [1.29, 1.82) is 5.26 Å². The molecule has 1 aliphatic heterocycles. The summed E-state index contributed by atoms with van der Waals surface area (Å²) in [4.78, 5) is -0.178. The molecule has 126 valence electrons. The van der Waals surface area contributed by atoms with Gasteiger partial charge in [-0.3, -0.25) is 0 Å². The first-order valence-electron chi connectivity index (χ1n) is 7.52. The van der Waals surface area contributed by atoms with Crippen LogP contribution in [0.5, 0.6) is 0 Å². The minimum absolute atomic E-state index is 0.178. The monoisotopic (exact) mass is 336 g/mol. The highest BCUT2D eigenvalue weighted by Crippen LogP contribution is 2.26. The van der Waals surface area contributed by atoms with Gasteiger partial charge in [-0.2, -0.15) is 5.26 Å². The number of benzene rings is 1. The molecule has 1 heterocycles. The van der Waals surface area contributed by atoms with E-state index in [1.54, 1.807) is 12.1 Å². The van der Waals surface area contributed by atoms with Crippen molar-refractivity contribution in [3.05, 3.63) is 29.8 Å². The van der Waals surface area contributed by atoms with E-state index in [4.69, 9.17) is 5.26 Å². The Kier molecular flexibility index (Phi) is 6.48. The van der Waals surface area contributed by atoms with E-state index in [-0.39, 0.29) is 4.90 Å². The summed E-state index contributed by atoms with van der Waals surface area (Å²) < 4.78 is 33.5. The number of nitrogens with zero attached hydrogens (tertiary/aromatic N) is 2. The molecule has 0 unspecified atom stereocenters. The lowest BCUT2D eigenvalue weighted by molar-refractivity contribution is -0.528. The van der Waals surface area contributed by atoms with E-state index in [0.717, 1.165) is 18.7 Å². The van der Waals surface area contributed by atoms with Crippen LogP contribution in [0, 0.1) is 23.7 Å². The summed E-state index contributed by atoms with van der Waals surface area (Å²) in [6, 6.07) is 7.97. The van der Waals surface area contributed by atoms with Gasteiger partial charge in [0.1, 0.15) is 22.4 Å². The summed E-state index contributed by atoms with van der Waals surface area (Å²) >= 11 is 0. The van der Waals surface area contributed by atoms with Crippen LogP contribution < -0.4 is 0 Å². The summed E-state index contributed by atoms with van der Waals surface area (Å²) in [5.74, 6) is 0. The lowest BCUT2D eigenvalue weighted by Crippen LogP contribution is -2.20. The zero-order valence-corrected chi connectivity index (χ0v) is 15.0. The molecule has 0 N–H and O–H groups in total. The molecular formula is C17H24N2O3S. The third-order valence-electron chi connectivity index (χ3n) is 3.70. The molecule has 1 aromatic rings. The van der Waals surface area contributed by atoms with Gasteiger partial charge in [-0.05, 0) is 19.1 Å². The Morgan fingerprint density at radius 1 is 1.26 bits per heavy atom. The predicted octanol–water partition coefficient (Wildman–Crippen LogP) is 2.70. The first-order chi connectivity index (χ1) is 10.5. The largest absolute Gasteiger partial charge is 0.744 e. The van der Waals surface area contributed by atoms with Gasteiger partial charge in [0.15, 0.2) is 6.54 Å². The fraction of sp³-hybridized carbons (Fsp3) is 0.529. The van der Waals surface area contributed by atoms with Crippen LogP contribution in [0.3, 0.4) is 0 Å². The van der Waals surface area contributed by atoms with Gasteiger partial charge in [0.2, 0.25) is 0 Å². The molecule has 0 aliphatic carbocycles. The van der Waals surface area contributed by atoms with E-state index in [1.807, 2.05) is 6.92 Å². The second-order valence-electron chi connectivity index (χ2n) is 6.67. The number of nitriles is 1. The third kappa shape index (κ3) is 6.51. The van der Waals surface area contributed by atoms with Crippen molar-refractivity contribution in [3.8, 4) is 6.07 Å². The SMILES string of the molecule is CC1=[N+](CCC#N)CC(C)(C)C1.Cc1ccc(S(=O)(=O)[O-])cc1. The summed E-state index contributed by atoms with van der Waals surface area (Å²) in [5, 5.41) is 8.46. The van der Waals surface area contributed by atoms with Gasteiger partial charge in [0.05, 0.1) is 17.4 Å². The fourth-order valence-corrected chi connectivity index (χ4v) is 3.14. The maximum atomic E-state index is 10.4. The van der Waals surface area contributed by atoms with Gasteiger partial charge in [-0.15, -0.1) is 0 Å². The highest BCUT2D eigenvalue weighted by atomic mass is 32.2. The van der Waals surface area contributed by atoms with Gasteiger partial charge in [-0.1, -0.05) is 31.5 Å². The van der Waals surface area contributed by atoms with Gasteiger partial charge in [-0.25, -0.2) is 13.0 Å². The van der Waals surface area contributed by atoms with E-state index >= 15 is 0 Å². The molecule has 23 heavy (non-hydrogen) atoms. The van der Waals surface area contributed by atoms with E-state index in [9.17, 15) is 13.0 Å². The topological polar surface area (TPSA) is 84.0 Å². The van der Waals surface area contributed by atoms with Crippen molar-refractivity contribution in [1.82, 2.24) is 0 Å². The third-order valence-corrected chi connectivity index (χ3v) is 4.55. The van der Waals surface area contributed by atoms with Crippen LogP contribution in [-0.4, -0.2) is 36.3 Å². The molecule has 0 saturated carbocycles. The summed E-state index contributed by atoms with van der Waals surface area (Å²) in [5.41, 5.74) is 2.78. The smallest absolute Gasteiger partial charge is 0.155 e. The summed E-state index contributed by atoms with van der Waals surface area (Å²) in [7, 11) is -4.27. The second-order valence-corrected chi connectivity index (χ2v) is 8.05. The zero-order chi connectivity index (χ0) is 17.7. The molecule has 5 nitrogen and oxygen atoms in total. The van der Waals surface area contributed by atoms with Gasteiger partial charge < -0.3 is 4.55 Å². The highest BCUT2D eigenvalue weighted by molar-refractivity contribution is 7.85. The van der Waals surface area contributed by atoms with E-state index < -0.39 is 10.1 Å². The molecule has 0 bridgehead atoms. The molecule has 0 saturated heterocycles. The molecule has 1 aromatic carbocycles. The van der Waals surface area contributed by atoms with Crippen LogP contribution >= 0.6 is 0 Å². The van der Waals surface area contributed by atoms with Gasteiger partial charge in [0, 0.05) is 18.8 Å². The first-order valence-corrected chi connectivity index (χ1v) is 8.93. The van der Waals surface area contributed by atoms with Crippen molar-refractivity contribution < 1.29 is 17.5 Å². The van der Waals surface area contributed by atoms with E-state index in [0.29, 0.717) is 11.8 Å². The Bertz CT molecular complexity index is 711. The quantitative estimate of drug-likeness (QED) is 0.627. The molecule has 0 aromatic heterocycles. The number of hydrogen-bond donors (Lipinski definition) is 0. The number of aryl methyl sites for hydroxylation is 1. The molecule has 0 radical (unpaired) electrons. The van der Waals surface area contributed by atoms with E-state index in [1.165, 1.54) is 24.3 Å². The van der Waals surface area contributed by atoms with Gasteiger partial charge in [0.25, 0.3) is 0 Å². The van der Waals surface area contributed by atoms with Crippen LogP contribution in [0.1, 0.15) is 39.2 Å². The maximum absolute atomic E-state index is 10.4.